The van der Waals surface area contributed by atoms with Crippen molar-refractivity contribution in [3.8, 4) is 11.5 Å². The van der Waals surface area contributed by atoms with Crippen LogP contribution >= 0.6 is 0 Å². The number of nitrogens with one attached hydrogen (secondary N) is 2. The quantitative estimate of drug-likeness (QED) is 0.559. The molecule has 0 aliphatic carbocycles. The van der Waals surface area contributed by atoms with Crippen LogP contribution in [0.2, 0.25) is 0 Å². The fourth-order valence-electron chi connectivity index (χ4n) is 3.68. The maximum Gasteiger partial charge on any atom is 0.231 e. The van der Waals surface area contributed by atoms with Crippen molar-refractivity contribution in [1.82, 2.24) is 15.5 Å². The molecule has 2 heterocycles. The number of halogens is 1. The lowest BCUT2D eigenvalue weighted by Gasteiger charge is -2.35. The molecule has 8 heteroatoms. The minimum Gasteiger partial charge on any atom is -0.454 e. The van der Waals surface area contributed by atoms with Gasteiger partial charge in [-0.3, -0.25) is 9.89 Å². The zero-order valence-electron chi connectivity index (χ0n) is 17.1. The SMILES string of the molecule is CN=C(NCc1ccc2c(c1)OCO2)NCC(c1ccc(F)cc1)N1CCOCC1. The number of aliphatic imine (C=N–C) groups is 1. The van der Waals surface area contributed by atoms with Crippen molar-refractivity contribution < 1.29 is 18.6 Å². The Kier molecular flexibility index (Phi) is 6.66. The highest BCUT2D eigenvalue weighted by atomic mass is 19.1. The summed E-state index contributed by atoms with van der Waals surface area (Å²) in [7, 11) is 1.75. The predicted octanol–water partition coefficient (Wildman–Crippen LogP) is 2.29. The predicted molar refractivity (Wildman–Crippen MR) is 112 cm³/mol. The summed E-state index contributed by atoms with van der Waals surface area (Å²) in [6.45, 7) is 4.60. The molecule has 30 heavy (non-hydrogen) atoms. The summed E-state index contributed by atoms with van der Waals surface area (Å²) in [5.41, 5.74) is 2.14. The summed E-state index contributed by atoms with van der Waals surface area (Å²) in [5.74, 6) is 2.01. The van der Waals surface area contributed by atoms with Gasteiger partial charge in [0.25, 0.3) is 0 Å². The average Bonchev–Trinajstić information content (AvgIpc) is 3.26. The van der Waals surface area contributed by atoms with Gasteiger partial charge in [0.15, 0.2) is 17.5 Å². The number of benzene rings is 2. The van der Waals surface area contributed by atoms with Crippen molar-refractivity contribution in [2.24, 2.45) is 4.99 Å². The Morgan fingerprint density at radius 2 is 1.83 bits per heavy atom. The van der Waals surface area contributed by atoms with E-state index in [2.05, 4.69) is 20.5 Å². The van der Waals surface area contributed by atoms with E-state index in [1.807, 2.05) is 30.3 Å². The third-order valence-electron chi connectivity index (χ3n) is 5.32. The molecule has 4 rings (SSSR count). The lowest BCUT2D eigenvalue weighted by Crippen LogP contribution is -2.46. The van der Waals surface area contributed by atoms with E-state index >= 15 is 0 Å². The van der Waals surface area contributed by atoms with Crippen molar-refractivity contribution in [2.75, 3.05) is 46.7 Å². The van der Waals surface area contributed by atoms with Gasteiger partial charge in [-0.25, -0.2) is 4.39 Å². The number of guanidine groups is 1. The molecule has 0 saturated carbocycles. The number of hydrogen-bond donors (Lipinski definition) is 2. The first-order valence-electron chi connectivity index (χ1n) is 10.1. The van der Waals surface area contributed by atoms with E-state index < -0.39 is 0 Å². The molecule has 0 bridgehead atoms. The third kappa shape index (κ3) is 5.01. The third-order valence-corrected chi connectivity index (χ3v) is 5.32. The van der Waals surface area contributed by atoms with E-state index in [0.29, 0.717) is 32.3 Å². The minimum absolute atomic E-state index is 0.0959. The van der Waals surface area contributed by atoms with Crippen LogP contribution in [-0.2, 0) is 11.3 Å². The molecule has 2 aromatic rings. The molecule has 1 saturated heterocycles. The van der Waals surface area contributed by atoms with Gasteiger partial charge in [-0.15, -0.1) is 0 Å². The number of rotatable bonds is 6. The molecule has 1 fully saturated rings. The summed E-state index contributed by atoms with van der Waals surface area (Å²) in [6, 6.07) is 12.7. The van der Waals surface area contributed by atoms with Crippen molar-refractivity contribution in [3.05, 3.63) is 59.4 Å². The van der Waals surface area contributed by atoms with Gasteiger partial charge in [0.2, 0.25) is 6.79 Å². The monoisotopic (exact) mass is 414 g/mol. The summed E-state index contributed by atoms with van der Waals surface area (Å²) in [4.78, 5) is 6.69. The molecule has 160 valence electrons. The Hall–Kier alpha value is -2.84. The largest absolute Gasteiger partial charge is 0.454 e. The van der Waals surface area contributed by atoms with Crippen LogP contribution in [-0.4, -0.2) is 57.5 Å². The molecule has 2 aromatic carbocycles. The van der Waals surface area contributed by atoms with Gasteiger partial charge in [-0.05, 0) is 35.4 Å². The Balaban J connectivity index is 1.37. The summed E-state index contributed by atoms with van der Waals surface area (Å²) in [6.07, 6.45) is 0. The molecule has 7 nitrogen and oxygen atoms in total. The molecular weight excluding hydrogens is 387 g/mol. The Bertz CT molecular complexity index is 869. The maximum absolute atomic E-state index is 13.4. The van der Waals surface area contributed by atoms with Gasteiger partial charge >= 0.3 is 0 Å². The Labute approximate surface area is 175 Å². The second-order valence-corrected chi connectivity index (χ2v) is 7.21. The van der Waals surface area contributed by atoms with Crippen LogP contribution in [0.15, 0.2) is 47.5 Å². The second-order valence-electron chi connectivity index (χ2n) is 7.21. The van der Waals surface area contributed by atoms with Crippen molar-refractivity contribution >= 4 is 5.96 Å². The van der Waals surface area contributed by atoms with Gasteiger partial charge in [0.1, 0.15) is 5.82 Å². The highest BCUT2D eigenvalue weighted by Gasteiger charge is 2.23. The first-order chi connectivity index (χ1) is 14.7. The first-order valence-corrected chi connectivity index (χ1v) is 10.1. The highest BCUT2D eigenvalue weighted by Crippen LogP contribution is 2.32. The van der Waals surface area contributed by atoms with Crippen LogP contribution in [0.5, 0.6) is 11.5 Å². The molecule has 0 aromatic heterocycles. The fraction of sp³-hybridized carbons (Fsp3) is 0.409. The van der Waals surface area contributed by atoms with E-state index in [9.17, 15) is 4.39 Å². The zero-order valence-corrected chi connectivity index (χ0v) is 17.1. The number of morpholine rings is 1. The van der Waals surface area contributed by atoms with E-state index in [1.165, 1.54) is 12.1 Å². The molecule has 1 atom stereocenters. The number of hydrogen-bond acceptors (Lipinski definition) is 5. The van der Waals surface area contributed by atoms with Crippen LogP contribution in [0.1, 0.15) is 17.2 Å². The number of nitrogens with zero attached hydrogens (tertiary/aromatic N) is 2. The second kappa shape index (κ2) is 9.77. The molecule has 2 N–H and O–H groups in total. The smallest absolute Gasteiger partial charge is 0.231 e. The minimum atomic E-state index is -0.228. The topological polar surface area (TPSA) is 67.4 Å². The van der Waals surface area contributed by atoms with Gasteiger partial charge in [0.05, 0.1) is 19.3 Å². The van der Waals surface area contributed by atoms with Crippen LogP contribution in [0, 0.1) is 5.82 Å². The number of fused-ring (bicyclic) bond motifs is 1. The summed E-state index contributed by atoms with van der Waals surface area (Å²) >= 11 is 0. The fourth-order valence-corrected chi connectivity index (χ4v) is 3.68. The van der Waals surface area contributed by atoms with E-state index in [0.717, 1.165) is 35.7 Å². The molecular formula is C22H27FN4O3. The van der Waals surface area contributed by atoms with Crippen LogP contribution in [0.25, 0.3) is 0 Å². The van der Waals surface area contributed by atoms with Crippen molar-refractivity contribution in [2.45, 2.75) is 12.6 Å². The molecule has 0 amide bonds. The standard InChI is InChI=1S/C22H27FN4O3/c1-24-22(25-13-16-2-7-20-21(12-16)30-15-29-20)26-14-19(27-8-10-28-11-9-27)17-3-5-18(23)6-4-17/h2-7,12,19H,8-11,13-15H2,1H3,(H2,24,25,26). The normalized spacial score (nSPS) is 17.6. The van der Waals surface area contributed by atoms with E-state index in [-0.39, 0.29) is 18.7 Å². The van der Waals surface area contributed by atoms with Crippen LogP contribution < -0.4 is 20.1 Å². The molecule has 2 aliphatic rings. The highest BCUT2D eigenvalue weighted by molar-refractivity contribution is 5.79. The summed E-state index contributed by atoms with van der Waals surface area (Å²) in [5, 5.41) is 6.74. The molecule has 0 spiro atoms. The van der Waals surface area contributed by atoms with E-state index in [4.69, 9.17) is 14.2 Å². The van der Waals surface area contributed by atoms with E-state index in [1.54, 1.807) is 7.05 Å². The van der Waals surface area contributed by atoms with Crippen molar-refractivity contribution in [3.63, 3.8) is 0 Å². The maximum atomic E-state index is 13.4. The number of ether oxygens (including phenoxy) is 3. The molecule has 1 unspecified atom stereocenters. The van der Waals surface area contributed by atoms with Gasteiger partial charge in [-0.1, -0.05) is 18.2 Å². The molecule has 0 radical (unpaired) electrons. The van der Waals surface area contributed by atoms with Gasteiger partial charge in [0, 0.05) is 33.2 Å². The average molecular weight is 414 g/mol. The zero-order chi connectivity index (χ0) is 20.8. The van der Waals surface area contributed by atoms with Gasteiger partial charge < -0.3 is 24.8 Å². The Morgan fingerprint density at radius 3 is 2.60 bits per heavy atom. The lowest BCUT2D eigenvalue weighted by molar-refractivity contribution is 0.0170. The van der Waals surface area contributed by atoms with Crippen LogP contribution in [0.3, 0.4) is 0 Å². The van der Waals surface area contributed by atoms with Crippen molar-refractivity contribution in [1.29, 1.82) is 0 Å². The van der Waals surface area contributed by atoms with Gasteiger partial charge in [-0.2, -0.15) is 0 Å². The molecule has 2 aliphatic heterocycles. The van der Waals surface area contributed by atoms with Crippen LogP contribution in [0.4, 0.5) is 4.39 Å². The Morgan fingerprint density at radius 1 is 1.07 bits per heavy atom. The lowest BCUT2D eigenvalue weighted by atomic mass is 10.0. The summed E-state index contributed by atoms with van der Waals surface area (Å²) < 4.78 is 29.7. The first kappa shape index (κ1) is 20.4.